The van der Waals surface area contributed by atoms with Gasteiger partial charge in [0.2, 0.25) is 5.78 Å². The molecule has 3 aliphatic rings. The summed E-state index contributed by atoms with van der Waals surface area (Å²) in [6, 6.07) is 0. The van der Waals surface area contributed by atoms with Crippen molar-refractivity contribution in [1.29, 1.82) is 0 Å². The Labute approximate surface area is 178 Å². The fourth-order valence-electron chi connectivity index (χ4n) is 4.05. The van der Waals surface area contributed by atoms with Crippen molar-refractivity contribution >= 4 is 29.3 Å². The van der Waals surface area contributed by atoms with Crippen LogP contribution in [0.5, 0.6) is 0 Å². The predicted octanol–water partition coefficient (Wildman–Crippen LogP) is -0.0107. The van der Waals surface area contributed by atoms with E-state index in [2.05, 4.69) is 0 Å². The fourth-order valence-corrected chi connectivity index (χ4v) is 4.34. The van der Waals surface area contributed by atoms with E-state index < -0.39 is 71.1 Å². The van der Waals surface area contributed by atoms with Crippen LogP contribution >= 0.6 is 11.6 Å². The van der Waals surface area contributed by atoms with Crippen LogP contribution in [-0.4, -0.2) is 74.5 Å². The van der Waals surface area contributed by atoms with Gasteiger partial charge in [0, 0.05) is 17.6 Å². The second-order valence-electron chi connectivity index (χ2n) is 8.14. The number of aliphatic hydroxyl groups is 3. The zero-order valence-electron chi connectivity index (χ0n) is 17.0. The van der Waals surface area contributed by atoms with Gasteiger partial charge >= 0.3 is 11.9 Å². The summed E-state index contributed by atoms with van der Waals surface area (Å²) in [6.07, 6.45) is -3.65. The quantitative estimate of drug-likeness (QED) is 0.311. The van der Waals surface area contributed by atoms with Crippen LogP contribution in [0.2, 0.25) is 0 Å². The van der Waals surface area contributed by atoms with Gasteiger partial charge in [-0.25, -0.2) is 9.59 Å². The van der Waals surface area contributed by atoms with Crippen molar-refractivity contribution in [2.24, 2.45) is 11.8 Å². The molecule has 8 atom stereocenters. The normalized spacial score (nSPS) is 43.6. The van der Waals surface area contributed by atoms with E-state index in [0.29, 0.717) is 0 Å². The summed E-state index contributed by atoms with van der Waals surface area (Å²) in [4.78, 5) is 37.7. The number of fused-ring (bicyclic) bond motifs is 3. The van der Waals surface area contributed by atoms with E-state index in [4.69, 9.17) is 25.8 Å². The molecule has 0 spiro atoms. The van der Waals surface area contributed by atoms with E-state index in [-0.39, 0.29) is 11.3 Å². The van der Waals surface area contributed by atoms with Crippen LogP contribution in [0.1, 0.15) is 27.7 Å². The monoisotopic (exact) mass is 444 g/mol. The minimum atomic E-state index is -2.37. The van der Waals surface area contributed by atoms with Gasteiger partial charge in [0.15, 0.2) is 11.2 Å². The van der Waals surface area contributed by atoms with E-state index in [0.717, 1.165) is 6.08 Å². The van der Waals surface area contributed by atoms with Gasteiger partial charge in [0.05, 0.1) is 11.8 Å². The molecule has 166 valence electrons. The number of carbonyl (C=O) groups excluding carboxylic acids is 3. The summed E-state index contributed by atoms with van der Waals surface area (Å²) in [5, 5.41) is 33.1. The molecular formula is C20H25ClO9. The third-order valence-corrected chi connectivity index (χ3v) is 6.73. The lowest BCUT2D eigenvalue weighted by Gasteiger charge is -2.39. The molecule has 0 aliphatic carbocycles. The van der Waals surface area contributed by atoms with Gasteiger partial charge in [0.1, 0.15) is 30.2 Å². The molecule has 30 heavy (non-hydrogen) atoms. The number of hydrogen-bond donors (Lipinski definition) is 3. The third kappa shape index (κ3) is 3.15. The van der Waals surface area contributed by atoms with Gasteiger partial charge in [0.25, 0.3) is 0 Å². The third-order valence-electron chi connectivity index (χ3n) is 6.32. The number of ether oxygens (including phenoxy) is 3. The topological polar surface area (TPSA) is 140 Å². The van der Waals surface area contributed by atoms with Crippen molar-refractivity contribution in [3.05, 3.63) is 23.5 Å². The van der Waals surface area contributed by atoms with Crippen LogP contribution in [0.25, 0.3) is 0 Å². The van der Waals surface area contributed by atoms with E-state index in [1.54, 1.807) is 13.8 Å². The summed E-state index contributed by atoms with van der Waals surface area (Å²) in [5.41, 5.74) is -4.05. The molecular weight excluding hydrogens is 420 g/mol. The van der Waals surface area contributed by atoms with Crippen molar-refractivity contribution in [2.45, 2.75) is 63.3 Å². The fraction of sp³-hybridized carbons (Fsp3) is 0.650. The highest BCUT2D eigenvalue weighted by Crippen LogP contribution is 2.47. The summed E-state index contributed by atoms with van der Waals surface area (Å²) in [7, 11) is 0. The molecule has 3 heterocycles. The lowest BCUT2D eigenvalue weighted by molar-refractivity contribution is -0.187. The standard InChI is InChI=1S/C20H25ClO9/c1-5-8(2)17(25)28-15-12-14(29-18(26)20(12,27)7-21)13(23)9(3)10-6-11(22)19(4,30-10)16(15)24/h5-6,9,12-16,23-24,27H,7H2,1-4H3/b8-5+/t9-,12-,13-,14-,15-,16-,19+,20-/m0/s1. The van der Waals surface area contributed by atoms with Crippen molar-refractivity contribution in [2.75, 3.05) is 5.88 Å². The molecule has 2 fully saturated rings. The molecule has 3 rings (SSSR count). The zero-order valence-corrected chi connectivity index (χ0v) is 17.8. The van der Waals surface area contributed by atoms with E-state index in [9.17, 15) is 29.7 Å². The number of hydrogen-bond acceptors (Lipinski definition) is 9. The van der Waals surface area contributed by atoms with Crippen LogP contribution in [0, 0.1) is 11.8 Å². The Hall–Kier alpha value is -1.94. The molecule has 0 aromatic rings. The number of ketones is 1. The Kier molecular flexibility index (Phi) is 5.79. The van der Waals surface area contributed by atoms with Crippen molar-refractivity contribution < 1.29 is 43.9 Å². The predicted molar refractivity (Wildman–Crippen MR) is 102 cm³/mol. The average Bonchev–Trinajstić information content (AvgIpc) is 3.18. The molecule has 9 nitrogen and oxygen atoms in total. The highest BCUT2D eigenvalue weighted by Gasteiger charge is 2.67. The first-order valence-electron chi connectivity index (χ1n) is 9.56. The molecule has 0 radical (unpaired) electrons. The number of aliphatic hydroxyl groups excluding tert-OH is 2. The van der Waals surface area contributed by atoms with Gasteiger partial charge in [-0.05, 0) is 20.8 Å². The van der Waals surface area contributed by atoms with Gasteiger partial charge in [-0.3, -0.25) is 4.79 Å². The lowest BCUT2D eigenvalue weighted by atomic mass is 9.74. The molecule has 0 saturated carbocycles. The van der Waals surface area contributed by atoms with Crippen LogP contribution in [-0.2, 0) is 28.6 Å². The lowest BCUT2D eigenvalue weighted by Crippen LogP contribution is -2.61. The maximum absolute atomic E-state index is 12.7. The molecule has 0 unspecified atom stereocenters. The molecule has 0 aromatic heterocycles. The minimum absolute atomic E-state index is 0.0850. The molecule has 2 saturated heterocycles. The highest BCUT2D eigenvalue weighted by molar-refractivity contribution is 6.20. The number of allylic oxidation sites excluding steroid dienone is 1. The summed E-state index contributed by atoms with van der Waals surface area (Å²) in [5.74, 6) is -5.42. The van der Waals surface area contributed by atoms with Gasteiger partial charge < -0.3 is 29.5 Å². The number of halogens is 1. The Morgan fingerprint density at radius 3 is 2.57 bits per heavy atom. The van der Waals surface area contributed by atoms with Gasteiger partial charge in [-0.15, -0.1) is 11.6 Å². The van der Waals surface area contributed by atoms with E-state index >= 15 is 0 Å². The number of esters is 2. The molecule has 0 aromatic carbocycles. The second-order valence-corrected chi connectivity index (χ2v) is 8.41. The molecule has 3 aliphatic heterocycles. The average molecular weight is 445 g/mol. The summed E-state index contributed by atoms with van der Waals surface area (Å²) in [6.45, 7) is 5.93. The molecule has 0 amide bonds. The van der Waals surface area contributed by atoms with Crippen molar-refractivity contribution in [3.63, 3.8) is 0 Å². The number of carbonyl (C=O) groups is 3. The Bertz CT molecular complexity index is 836. The Morgan fingerprint density at radius 2 is 2.00 bits per heavy atom. The first kappa shape index (κ1) is 22.7. The first-order chi connectivity index (χ1) is 13.9. The second kappa shape index (κ2) is 7.64. The Morgan fingerprint density at radius 1 is 1.37 bits per heavy atom. The molecule has 2 bridgehead atoms. The maximum atomic E-state index is 12.7. The minimum Gasteiger partial charge on any atom is -0.480 e. The van der Waals surface area contributed by atoms with Crippen LogP contribution in [0.3, 0.4) is 0 Å². The largest absolute Gasteiger partial charge is 0.480 e. The summed E-state index contributed by atoms with van der Waals surface area (Å²) < 4.78 is 16.4. The van der Waals surface area contributed by atoms with Gasteiger partial charge in [-0.2, -0.15) is 0 Å². The van der Waals surface area contributed by atoms with Gasteiger partial charge in [-0.1, -0.05) is 13.0 Å². The van der Waals surface area contributed by atoms with Crippen molar-refractivity contribution in [1.82, 2.24) is 0 Å². The number of alkyl halides is 1. The molecule has 10 heteroatoms. The smallest absolute Gasteiger partial charge is 0.340 e. The first-order valence-corrected chi connectivity index (χ1v) is 10.1. The maximum Gasteiger partial charge on any atom is 0.340 e. The molecule has 3 N–H and O–H groups in total. The summed E-state index contributed by atoms with van der Waals surface area (Å²) >= 11 is 5.89. The van der Waals surface area contributed by atoms with Crippen LogP contribution < -0.4 is 0 Å². The van der Waals surface area contributed by atoms with Crippen LogP contribution in [0.15, 0.2) is 23.5 Å². The number of rotatable bonds is 3. The highest BCUT2D eigenvalue weighted by atomic mass is 35.5. The van der Waals surface area contributed by atoms with E-state index in [1.807, 2.05) is 0 Å². The zero-order chi connectivity index (χ0) is 22.6. The van der Waals surface area contributed by atoms with E-state index in [1.165, 1.54) is 19.9 Å². The van der Waals surface area contributed by atoms with Crippen molar-refractivity contribution in [3.8, 4) is 0 Å². The van der Waals surface area contributed by atoms with Crippen LogP contribution in [0.4, 0.5) is 0 Å². The Balaban J connectivity index is 2.19. The SMILES string of the molecule is C/C=C(\C)C(=O)O[C@H]1[C@@H]2[C@H](OC(=O)[C@]2(O)CCl)[C@@H](O)[C@@H](C)C2=CC(=O)[C@@](C)(O2)[C@H]1O.